The molecule has 7 heteroatoms. The fourth-order valence-corrected chi connectivity index (χ4v) is 2.60. The second kappa shape index (κ2) is 6.17. The normalized spacial score (nSPS) is 10.2. The largest absolute Gasteiger partial charge is 0.351 e. The lowest BCUT2D eigenvalue weighted by molar-refractivity contribution is 0.0957. The predicted octanol–water partition coefficient (Wildman–Crippen LogP) is 3.47. The van der Waals surface area contributed by atoms with Gasteiger partial charge in [-0.25, -0.2) is 4.39 Å². The summed E-state index contributed by atoms with van der Waals surface area (Å²) in [5, 5.41) is 6.96. The van der Waals surface area contributed by atoms with Gasteiger partial charge in [-0.2, -0.15) is 0 Å². The van der Waals surface area contributed by atoms with E-state index in [1.807, 2.05) is 0 Å². The highest BCUT2D eigenvalue weighted by Crippen LogP contribution is 2.26. The molecule has 0 radical (unpaired) electrons. The number of thiophene rings is 1. The summed E-state index contributed by atoms with van der Waals surface area (Å²) in [5.41, 5.74) is 8.10. The molecule has 0 saturated heterocycles. The Labute approximate surface area is 112 Å². The Bertz CT molecular complexity index is 648. The first kappa shape index (κ1) is 13.3. The van der Waals surface area contributed by atoms with Crippen molar-refractivity contribution < 1.29 is 9.18 Å². The molecule has 2 rings (SSSR count). The molecule has 0 aliphatic heterocycles. The molecule has 0 fully saturated rings. The van der Waals surface area contributed by atoms with Gasteiger partial charge in [-0.15, -0.1) is 11.3 Å². The molecule has 5 nitrogen and oxygen atoms in total. The van der Waals surface area contributed by atoms with E-state index in [0.717, 1.165) is 10.1 Å². The van der Waals surface area contributed by atoms with Crippen molar-refractivity contribution in [3.63, 3.8) is 0 Å². The van der Waals surface area contributed by atoms with Crippen molar-refractivity contribution in [2.24, 2.45) is 5.11 Å². The van der Waals surface area contributed by atoms with Crippen LogP contribution in [0.5, 0.6) is 0 Å². The summed E-state index contributed by atoms with van der Waals surface area (Å²) in [4.78, 5) is 15.0. The lowest BCUT2D eigenvalue weighted by Crippen LogP contribution is -2.23. The number of carbonyl (C=O) groups excluding carboxylic acids is 1. The molecular formula is C12H11FN4OS. The third kappa shape index (κ3) is 3.43. The fourth-order valence-electron chi connectivity index (χ4n) is 1.60. The molecule has 1 N–H and O–H groups in total. The molecule has 0 aliphatic rings. The van der Waals surface area contributed by atoms with E-state index in [-0.39, 0.29) is 11.7 Å². The fraction of sp³-hybridized carbons (Fsp3) is 0.250. The first-order chi connectivity index (χ1) is 9.20. The van der Waals surface area contributed by atoms with Crippen molar-refractivity contribution in [2.75, 3.05) is 13.1 Å². The number of hydrogen-bond donors (Lipinski definition) is 1. The van der Waals surface area contributed by atoms with Crippen LogP contribution >= 0.6 is 11.3 Å². The average molecular weight is 278 g/mol. The monoisotopic (exact) mass is 278 g/mol. The van der Waals surface area contributed by atoms with Crippen LogP contribution in [-0.4, -0.2) is 19.0 Å². The number of nitrogens with zero attached hydrogens (tertiary/aromatic N) is 3. The lowest BCUT2D eigenvalue weighted by atomic mass is 10.2. The minimum Gasteiger partial charge on any atom is -0.351 e. The maximum atomic E-state index is 13.0. The first-order valence-electron chi connectivity index (χ1n) is 5.69. The minimum absolute atomic E-state index is 0.192. The Morgan fingerprint density at radius 1 is 1.47 bits per heavy atom. The van der Waals surface area contributed by atoms with Crippen LogP contribution in [0, 0.1) is 5.82 Å². The second-order valence-electron chi connectivity index (χ2n) is 3.86. The zero-order valence-electron chi connectivity index (χ0n) is 9.97. The molecular weight excluding hydrogens is 267 g/mol. The molecule has 0 unspecified atom stereocenters. The Morgan fingerprint density at radius 3 is 3.11 bits per heavy atom. The molecule has 98 valence electrons. The van der Waals surface area contributed by atoms with Gasteiger partial charge in [0.15, 0.2) is 0 Å². The van der Waals surface area contributed by atoms with Gasteiger partial charge in [-0.05, 0) is 35.5 Å². The minimum atomic E-state index is -0.310. The number of halogens is 1. The average Bonchev–Trinajstić information content (AvgIpc) is 2.81. The van der Waals surface area contributed by atoms with Crippen molar-refractivity contribution in [3.8, 4) is 0 Å². The van der Waals surface area contributed by atoms with E-state index in [1.165, 1.54) is 23.5 Å². The molecule has 2 aromatic rings. The second-order valence-corrected chi connectivity index (χ2v) is 4.94. The molecule has 0 saturated carbocycles. The first-order valence-corrected chi connectivity index (χ1v) is 6.50. The van der Waals surface area contributed by atoms with Gasteiger partial charge in [-0.3, -0.25) is 4.79 Å². The Hall–Kier alpha value is -2.11. The van der Waals surface area contributed by atoms with E-state index in [0.29, 0.717) is 24.4 Å². The molecule has 0 spiro atoms. The number of benzene rings is 1. The van der Waals surface area contributed by atoms with Gasteiger partial charge in [0.2, 0.25) is 0 Å². The van der Waals surface area contributed by atoms with Crippen LogP contribution in [0.4, 0.5) is 4.39 Å². The number of nitrogens with one attached hydrogen (secondary N) is 1. The number of amides is 1. The summed E-state index contributed by atoms with van der Waals surface area (Å²) in [7, 11) is 0. The third-order valence-electron chi connectivity index (χ3n) is 2.49. The van der Waals surface area contributed by atoms with Crippen LogP contribution in [0.25, 0.3) is 20.5 Å². The molecule has 19 heavy (non-hydrogen) atoms. The van der Waals surface area contributed by atoms with Crippen molar-refractivity contribution in [3.05, 3.63) is 45.4 Å². The number of carbonyl (C=O) groups is 1. The van der Waals surface area contributed by atoms with Crippen LogP contribution in [0.15, 0.2) is 29.4 Å². The van der Waals surface area contributed by atoms with Crippen molar-refractivity contribution in [2.45, 2.75) is 6.42 Å². The maximum Gasteiger partial charge on any atom is 0.261 e. The van der Waals surface area contributed by atoms with E-state index in [1.54, 1.807) is 12.1 Å². The molecule has 0 aliphatic carbocycles. The molecule has 1 aromatic carbocycles. The van der Waals surface area contributed by atoms with Gasteiger partial charge in [0.25, 0.3) is 5.91 Å². The highest BCUT2D eigenvalue weighted by molar-refractivity contribution is 7.20. The maximum absolute atomic E-state index is 13.0. The molecule has 0 atom stereocenters. The summed E-state index contributed by atoms with van der Waals surface area (Å²) in [6.45, 7) is 0.800. The lowest BCUT2D eigenvalue weighted by Gasteiger charge is -2.00. The van der Waals surface area contributed by atoms with E-state index in [2.05, 4.69) is 15.3 Å². The number of rotatable bonds is 5. The van der Waals surface area contributed by atoms with Gasteiger partial charge in [-0.1, -0.05) is 11.2 Å². The predicted molar refractivity (Wildman–Crippen MR) is 72.7 cm³/mol. The van der Waals surface area contributed by atoms with Crippen molar-refractivity contribution in [1.29, 1.82) is 0 Å². The van der Waals surface area contributed by atoms with Crippen molar-refractivity contribution >= 4 is 27.3 Å². The summed E-state index contributed by atoms with van der Waals surface area (Å²) in [5.74, 6) is -0.502. The van der Waals surface area contributed by atoms with Crippen molar-refractivity contribution in [1.82, 2.24) is 5.32 Å². The molecule has 1 heterocycles. The number of hydrogen-bond acceptors (Lipinski definition) is 3. The van der Waals surface area contributed by atoms with E-state index >= 15 is 0 Å². The number of fused-ring (bicyclic) bond motifs is 1. The Morgan fingerprint density at radius 2 is 2.32 bits per heavy atom. The summed E-state index contributed by atoms with van der Waals surface area (Å²) < 4.78 is 13.8. The summed E-state index contributed by atoms with van der Waals surface area (Å²) >= 11 is 1.25. The van der Waals surface area contributed by atoms with Crippen LogP contribution in [-0.2, 0) is 0 Å². The Balaban J connectivity index is 1.99. The zero-order valence-corrected chi connectivity index (χ0v) is 10.8. The van der Waals surface area contributed by atoms with E-state index in [4.69, 9.17) is 5.53 Å². The van der Waals surface area contributed by atoms with E-state index in [9.17, 15) is 9.18 Å². The third-order valence-corrected chi connectivity index (χ3v) is 3.59. The van der Waals surface area contributed by atoms with Gasteiger partial charge in [0.05, 0.1) is 4.88 Å². The van der Waals surface area contributed by atoms with Crippen LogP contribution < -0.4 is 5.32 Å². The van der Waals surface area contributed by atoms with Gasteiger partial charge < -0.3 is 5.32 Å². The van der Waals surface area contributed by atoms with Gasteiger partial charge >= 0.3 is 0 Å². The van der Waals surface area contributed by atoms with Crippen LogP contribution in [0.1, 0.15) is 16.1 Å². The quantitative estimate of drug-likeness (QED) is 0.386. The van der Waals surface area contributed by atoms with Crippen LogP contribution in [0.2, 0.25) is 0 Å². The standard InChI is InChI=1S/C12H11FN4OS/c13-9-3-2-8-6-11(19-10(8)7-9)12(18)15-4-1-5-16-17-14/h2-3,6-7H,1,4-5H2,(H,15,18). The Kier molecular flexibility index (Phi) is 4.33. The topological polar surface area (TPSA) is 77.9 Å². The smallest absolute Gasteiger partial charge is 0.261 e. The van der Waals surface area contributed by atoms with Gasteiger partial charge in [0.1, 0.15) is 5.82 Å². The van der Waals surface area contributed by atoms with E-state index < -0.39 is 0 Å². The highest BCUT2D eigenvalue weighted by atomic mass is 32.1. The summed E-state index contributed by atoms with van der Waals surface area (Å²) in [6.07, 6.45) is 0.593. The summed E-state index contributed by atoms with van der Waals surface area (Å²) in [6, 6.07) is 6.18. The SMILES string of the molecule is [N-]=[N+]=NCCCNC(=O)c1cc2ccc(F)cc2s1. The highest BCUT2D eigenvalue weighted by Gasteiger charge is 2.09. The molecule has 0 bridgehead atoms. The molecule has 1 aromatic heterocycles. The van der Waals surface area contributed by atoms with Gasteiger partial charge in [0, 0.05) is 22.7 Å². The molecule has 1 amide bonds. The number of azide groups is 1. The zero-order chi connectivity index (χ0) is 13.7. The van der Waals surface area contributed by atoms with Crippen LogP contribution in [0.3, 0.4) is 0 Å².